The van der Waals surface area contributed by atoms with Crippen LogP contribution in [0.5, 0.6) is 5.75 Å². The lowest BCUT2D eigenvalue weighted by molar-refractivity contribution is -0.0161. The predicted molar refractivity (Wildman–Crippen MR) is 112 cm³/mol. The molecule has 6 heteroatoms. The van der Waals surface area contributed by atoms with E-state index in [4.69, 9.17) is 14.5 Å². The number of benzene rings is 1. The zero-order chi connectivity index (χ0) is 19.6. The fourth-order valence-corrected chi connectivity index (χ4v) is 2.91. The first-order valence-corrected chi connectivity index (χ1v) is 10.1. The Morgan fingerprint density at radius 2 is 2.19 bits per heavy atom. The van der Waals surface area contributed by atoms with Gasteiger partial charge in [0.2, 0.25) is 0 Å². The third kappa shape index (κ3) is 7.39. The van der Waals surface area contributed by atoms with Crippen molar-refractivity contribution < 1.29 is 9.47 Å². The summed E-state index contributed by atoms with van der Waals surface area (Å²) in [5.74, 6) is 1.74. The van der Waals surface area contributed by atoms with E-state index in [1.165, 1.54) is 5.56 Å². The van der Waals surface area contributed by atoms with Gasteiger partial charge in [-0.25, -0.2) is 4.99 Å². The molecule has 2 rings (SSSR count). The maximum atomic E-state index is 6.10. The Morgan fingerprint density at radius 3 is 2.89 bits per heavy atom. The van der Waals surface area contributed by atoms with Crippen LogP contribution in [0, 0.1) is 6.92 Å². The number of guanidine groups is 1. The number of hydrogen-bond donors (Lipinski definition) is 2. The van der Waals surface area contributed by atoms with Crippen molar-refractivity contribution in [3.05, 3.63) is 29.3 Å². The van der Waals surface area contributed by atoms with Crippen molar-refractivity contribution >= 4 is 5.96 Å². The number of rotatable bonds is 8. The van der Waals surface area contributed by atoms with Crippen molar-refractivity contribution in [2.45, 2.75) is 52.9 Å². The molecule has 1 saturated heterocycles. The van der Waals surface area contributed by atoms with E-state index in [-0.39, 0.29) is 12.2 Å². The van der Waals surface area contributed by atoms with Gasteiger partial charge < -0.3 is 25.0 Å². The van der Waals surface area contributed by atoms with Crippen LogP contribution >= 0.6 is 0 Å². The number of hydrogen-bond acceptors (Lipinski definition) is 4. The van der Waals surface area contributed by atoms with Gasteiger partial charge in [0.05, 0.1) is 25.4 Å². The Kier molecular flexibility index (Phi) is 8.88. The summed E-state index contributed by atoms with van der Waals surface area (Å²) in [6.45, 7) is 13.3. The maximum Gasteiger partial charge on any atom is 0.191 e. The van der Waals surface area contributed by atoms with Gasteiger partial charge in [0, 0.05) is 31.7 Å². The van der Waals surface area contributed by atoms with E-state index < -0.39 is 0 Å². The maximum absolute atomic E-state index is 6.10. The minimum absolute atomic E-state index is 0.191. The largest absolute Gasteiger partial charge is 0.490 e. The molecule has 1 aromatic rings. The lowest BCUT2D eigenvalue weighted by atomic mass is 10.1. The lowest BCUT2D eigenvalue weighted by Gasteiger charge is -2.30. The molecule has 0 radical (unpaired) electrons. The SMILES string of the molecule is CCNC(=NCc1ccc(C)cc1OC(C)CC)NCC1CN(C)CCO1. The quantitative estimate of drug-likeness (QED) is 0.539. The second kappa shape index (κ2) is 11.1. The molecule has 2 N–H and O–H groups in total. The van der Waals surface area contributed by atoms with Crippen LogP contribution in [0.25, 0.3) is 0 Å². The summed E-state index contributed by atoms with van der Waals surface area (Å²) in [6.07, 6.45) is 1.37. The Bertz CT molecular complexity index is 606. The highest BCUT2D eigenvalue weighted by Gasteiger charge is 2.17. The third-order valence-electron chi connectivity index (χ3n) is 4.72. The van der Waals surface area contributed by atoms with Crippen molar-refractivity contribution in [2.75, 3.05) is 39.8 Å². The van der Waals surface area contributed by atoms with Crippen LogP contribution in [0.3, 0.4) is 0 Å². The van der Waals surface area contributed by atoms with E-state index >= 15 is 0 Å². The molecule has 0 aromatic heterocycles. The van der Waals surface area contributed by atoms with E-state index in [0.717, 1.165) is 56.5 Å². The summed E-state index contributed by atoms with van der Waals surface area (Å²) >= 11 is 0. The highest BCUT2D eigenvalue weighted by atomic mass is 16.5. The Morgan fingerprint density at radius 1 is 1.37 bits per heavy atom. The Hall–Kier alpha value is -1.79. The van der Waals surface area contributed by atoms with Crippen LogP contribution in [0.1, 0.15) is 38.3 Å². The molecule has 0 saturated carbocycles. The van der Waals surface area contributed by atoms with Crippen LogP contribution in [-0.2, 0) is 11.3 Å². The number of morpholine rings is 1. The first kappa shape index (κ1) is 21.5. The van der Waals surface area contributed by atoms with Crippen molar-refractivity contribution in [2.24, 2.45) is 4.99 Å². The number of likely N-dealkylation sites (N-methyl/N-ethyl adjacent to an activating group) is 1. The molecule has 2 unspecified atom stereocenters. The topological polar surface area (TPSA) is 58.1 Å². The number of nitrogens with zero attached hydrogens (tertiary/aromatic N) is 2. The molecule has 152 valence electrons. The van der Waals surface area contributed by atoms with Gasteiger partial charge in [-0.05, 0) is 45.9 Å². The zero-order valence-corrected chi connectivity index (χ0v) is 17.5. The van der Waals surface area contributed by atoms with Gasteiger partial charge in [-0.15, -0.1) is 0 Å². The minimum atomic E-state index is 0.191. The van der Waals surface area contributed by atoms with Crippen molar-refractivity contribution in [3.63, 3.8) is 0 Å². The van der Waals surface area contributed by atoms with Crippen LogP contribution < -0.4 is 15.4 Å². The van der Waals surface area contributed by atoms with Gasteiger partial charge in [-0.3, -0.25) is 0 Å². The standard InChI is InChI=1S/C21H36N4O2/c1-6-17(4)27-20-12-16(3)8-9-18(20)13-23-21(22-7-2)24-14-19-15-25(5)10-11-26-19/h8-9,12,17,19H,6-7,10-11,13-15H2,1-5H3,(H2,22,23,24). The molecule has 27 heavy (non-hydrogen) atoms. The van der Waals surface area contributed by atoms with E-state index in [9.17, 15) is 0 Å². The fraction of sp³-hybridized carbons (Fsp3) is 0.667. The molecule has 1 aliphatic rings. The zero-order valence-electron chi connectivity index (χ0n) is 17.5. The van der Waals surface area contributed by atoms with E-state index in [0.29, 0.717) is 6.54 Å². The molecule has 0 aliphatic carbocycles. The summed E-state index contributed by atoms with van der Waals surface area (Å²) in [7, 11) is 2.13. The number of aryl methyl sites for hydroxylation is 1. The second-order valence-corrected chi connectivity index (χ2v) is 7.28. The molecule has 0 spiro atoms. The normalized spacial score (nSPS) is 19.6. The summed E-state index contributed by atoms with van der Waals surface area (Å²) in [4.78, 5) is 7.05. The molecular weight excluding hydrogens is 340 g/mol. The van der Waals surface area contributed by atoms with Gasteiger partial charge in [0.15, 0.2) is 5.96 Å². The van der Waals surface area contributed by atoms with Gasteiger partial charge in [0.25, 0.3) is 0 Å². The number of nitrogens with one attached hydrogen (secondary N) is 2. The van der Waals surface area contributed by atoms with Crippen LogP contribution in [-0.4, -0.2) is 62.9 Å². The number of aliphatic imine (C=N–C) groups is 1. The lowest BCUT2D eigenvalue weighted by Crippen LogP contribution is -2.48. The second-order valence-electron chi connectivity index (χ2n) is 7.28. The minimum Gasteiger partial charge on any atom is -0.490 e. The fourth-order valence-electron chi connectivity index (χ4n) is 2.91. The molecule has 6 nitrogen and oxygen atoms in total. The predicted octanol–water partition coefficient (Wildman–Crippen LogP) is 2.56. The summed E-state index contributed by atoms with van der Waals surface area (Å²) in [6, 6.07) is 6.32. The summed E-state index contributed by atoms with van der Waals surface area (Å²) < 4.78 is 11.9. The number of ether oxygens (including phenoxy) is 2. The van der Waals surface area contributed by atoms with E-state index in [2.05, 4.69) is 68.5 Å². The van der Waals surface area contributed by atoms with Crippen LogP contribution in [0.2, 0.25) is 0 Å². The van der Waals surface area contributed by atoms with Crippen molar-refractivity contribution in [3.8, 4) is 5.75 Å². The van der Waals surface area contributed by atoms with E-state index in [1.807, 2.05) is 0 Å². The Labute approximate surface area is 164 Å². The highest BCUT2D eigenvalue weighted by Crippen LogP contribution is 2.23. The van der Waals surface area contributed by atoms with Gasteiger partial charge in [0.1, 0.15) is 5.75 Å². The average molecular weight is 377 g/mol. The summed E-state index contributed by atoms with van der Waals surface area (Å²) in [5, 5.41) is 6.73. The molecule has 2 atom stereocenters. The first-order valence-electron chi connectivity index (χ1n) is 10.1. The molecule has 1 aromatic carbocycles. The van der Waals surface area contributed by atoms with Crippen molar-refractivity contribution in [1.82, 2.24) is 15.5 Å². The molecular formula is C21H36N4O2. The molecule has 1 fully saturated rings. The Balaban J connectivity index is 2.00. The molecule has 1 aliphatic heterocycles. The molecule has 1 heterocycles. The smallest absolute Gasteiger partial charge is 0.191 e. The third-order valence-corrected chi connectivity index (χ3v) is 4.72. The molecule has 0 bridgehead atoms. The highest BCUT2D eigenvalue weighted by molar-refractivity contribution is 5.79. The van der Waals surface area contributed by atoms with Gasteiger partial charge in [-0.1, -0.05) is 19.1 Å². The van der Waals surface area contributed by atoms with Crippen molar-refractivity contribution in [1.29, 1.82) is 0 Å². The van der Waals surface area contributed by atoms with Gasteiger partial charge >= 0.3 is 0 Å². The monoisotopic (exact) mass is 376 g/mol. The van der Waals surface area contributed by atoms with E-state index in [1.54, 1.807) is 0 Å². The van der Waals surface area contributed by atoms with Crippen LogP contribution in [0.4, 0.5) is 0 Å². The van der Waals surface area contributed by atoms with Crippen LogP contribution in [0.15, 0.2) is 23.2 Å². The average Bonchev–Trinajstić information content (AvgIpc) is 2.65. The summed E-state index contributed by atoms with van der Waals surface area (Å²) in [5.41, 5.74) is 2.30. The first-order chi connectivity index (χ1) is 13.0. The van der Waals surface area contributed by atoms with Gasteiger partial charge in [-0.2, -0.15) is 0 Å². The molecule has 0 amide bonds.